The van der Waals surface area contributed by atoms with Crippen molar-refractivity contribution in [1.82, 2.24) is 15.2 Å². The second-order valence-electron chi connectivity index (χ2n) is 9.46. The molecule has 2 saturated heterocycles. The Labute approximate surface area is 183 Å². The smallest absolute Gasteiger partial charge is 0.237 e. The van der Waals surface area contributed by atoms with Crippen LogP contribution >= 0.6 is 0 Å². The predicted octanol–water partition coefficient (Wildman–Crippen LogP) is 3.47. The first-order chi connectivity index (χ1) is 15.0. The summed E-state index contributed by atoms with van der Waals surface area (Å²) in [6.45, 7) is 5.23. The minimum Gasteiger partial charge on any atom is -0.342 e. The molecule has 2 aliphatic heterocycles. The van der Waals surface area contributed by atoms with Gasteiger partial charge in [0.15, 0.2) is 0 Å². The Kier molecular flexibility index (Phi) is 5.26. The lowest BCUT2D eigenvalue weighted by Gasteiger charge is -2.34. The van der Waals surface area contributed by atoms with Gasteiger partial charge >= 0.3 is 0 Å². The summed E-state index contributed by atoms with van der Waals surface area (Å²) in [7, 11) is 0. The predicted molar refractivity (Wildman–Crippen MR) is 120 cm³/mol. The number of aromatic nitrogens is 1. The molecule has 0 radical (unpaired) electrons. The summed E-state index contributed by atoms with van der Waals surface area (Å²) in [6, 6.07) is 12.2. The molecule has 0 unspecified atom stereocenters. The highest BCUT2D eigenvalue weighted by Crippen LogP contribution is 2.47. The number of likely N-dealkylation sites (tertiary alicyclic amines) is 1. The molecular weight excluding hydrogens is 388 g/mol. The topological polar surface area (TPSA) is 65.5 Å². The molecule has 1 aromatic carbocycles. The normalized spacial score (nSPS) is 20.7. The Morgan fingerprint density at radius 2 is 1.77 bits per heavy atom. The highest BCUT2D eigenvalue weighted by molar-refractivity contribution is 6.02. The Hall–Kier alpha value is -2.73. The van der Waals surface area contributed by atoms with Crippen molar-refractivity contribution in [1.29, 1.82) is 0 Å². The zero-order valence-corrected chi connectivity index (χ0v) is 18.1. The molecule has 0 atom stereocenters. The standard InChI is InChI=1S/C25H30N4O2/c1-25(10-11-25)24(31)28-13-8-19(9-14-28)18-4-6-21(7-5-18)29(22-3-2-12-26-17-22)23(30)20-15-27-16-20/h2-7,12,17,19-20,27H,8-11,13-16H2,1H3. The van der Waals surface area contributed by atoms with E-state index in [1.165, 1.54) is 5.56 Å². The summed E-state index contributed by atoms with van der Waals surface area (Å²) < 4.78 is 0. The van der Waals surface area contributed by atoms with E-state index < -0.39 is 0 Å². The number of piperidine rings is 1. The number of carbonyl (C=O) groups excluding carboxylic acids is 2. The molecule has 31 heavy (non-hydrogen) atoms. The van der Waals surface area contributed by atoms with E-state index in [-0.39, 0.29) is 17.2 Å². The number of amides is 2. The summed E-state index contributed by atoms with van der Waals surface area (Å²) in [5.74, 6) is 0.927. The second kappa shape index (κ2) is 8.08. The summed E-state index contributed by atoms with van der Waals surface area (Å²) in [4.78, 5) is 33.8. The minimum atomic E-state index is -0.0767. The number of nitrogens with one attached hydrogen (secondary N) is 1. The number of nitrogens with zero attached hydrogens (tertiary/aromatic N) is 3. The minimum absolute atomic E-state index is 0.00933. The van der Waals surface area contributed by atoms with Gasteiger partial charge in [0.1, 0.15) is 0 Å². The quantitative estimate of drug-likeness (QED) is 0.808. The molecule has 3 aliphatic rings. The number of pyridine rings is 1. The maximum atomic E-state index is 13.1. The fourth-order valence-electron chi connectivity index (χ4n) is 4.63. The number of hydrogen-bond acceptors (Lipinski definition) is 4. The van der Waals surface area contributed by atoms with Crippen LogP contribution in [0.1, 0.15) is 44.1 Å². The van der Waals surface area contributed by atoms with Gasteiger partial charge in [-0.2, -0.15) is 0 Å². The van der Waals surface area contributed by atoms with Crippen LogP contribution in [0.2, 0.25) is 0 Å². The lowest BCUT2D eigenvalue weighted by atomic mass is 9.88. The highest BCUT2D eigenvalue weighted by atomic mass is 16.2. The van der Waals surface area contributed by atoms with Gasteiger partial charge in [0.2, 0.25) is 11.8 Å². The maximum absolute atomic E-state index is 13.1. The fourth-order valence-corrected chi connectivity index (χ4v) is 4.63. The van der Waals surface area contributed by atoms with Crippen LogP contribution in [0.5, 0.6) is 0 Å². The van der Waals surface area contributed by atoms with Crippen molar-refractivity contribution >= 4 is 23.2 Å². The third-order valence-electron chi connectivity index (χ3n) is 7.18. The van der Waals surface area contributed by atoms with Gasteiger partial charge in [0, 0.05) is 43.5 Å². The molecule has 162 valence electrons. The van der Waals surface area contributed by atoms with E-state index in [1.54, 1.807) is 17.3 Å². The SMILES string of the molecule is CC1(C(=O)N2CCC(c3ccc(N(C(=O)C4CNC4)c4cccnc4)cc3)CC2)CC1. The zero-order chi connectivity index (χ0) is 21.4. The third-order valence-corrected chi connectivity index (χ3v) is 7.18. The van der Waals surface area contributed by atoms with Crippen molar-refractivity contribution in [3.05, 3.63) is 54.4 Å². The van der Waals surface area contributed by atoms with Crippen LogP contribution in [0, 0.1) is 11.3 Å². The maximum Gasteiger partial charge on any atom is 0.237 e. The molecule has 1 aliphatic carbocycles. The van der Waals surface area contributed by atoms with Gasteiger partial charge in [-0.25, -0.2) is 0 Å². The van der Waals surface area contributed by atoms with Crippen molar-refractivity contribution in [3.63, 3.8) is 0 Å². The highest BCUT2D eigenvalue weighted by Gasteiger charge is 2.47. The summed E-state index contributed by atoms with van der Waals surface area (Å²) in [5.41, 5.74) is 2.89. The van der Waals surface area contributed by atoms with Crippen molar-refractivity contribution in [2.45, 2.75) is 38.5 Å². The van der Waals surface area contributed by atoms with E-state index in [4.69, 9.17) is 0 Å². The molecule has 2 amide bonds. The number of carbonyl (C=O) groups is 2. The molecule has 3 fully saturated rings. The van der Waals surface area contributed by atoms with E-state index >= 15 is 0 Å². The van der Waals surface area contributed by atoms with Crippen LogP contribution in [0.15, 0.2) is 48.8 Å². The first-order valence-electron chi connectivity index (χ1n) is 11.4. The zero-order valence-electron chi connectivity index (χ0n) is 18.1. The first-order valence-corrected chi connectivity index (χ1v) is 11.4. The first kappa shape index (κ1) is 20.2. The van der Waals surface area contributed by atoms with Gasteiger partial charge in [-0.3, -0.25) is 19.5 Å². The molecule has 1 aromatic heterocycles. The molecule has 5 rings (SSSR count). The van der Waals surface area contributed by atoms with Gasteiger partial charge in [-0.15, -0.1) is 0 Å². The molecule has 3 heterocycles. The second-order valence-corrected chi connectivity index (χ2v) is 9.46. The van der Waals surface area contributed by atoms with Crippen LogP contribution < -0.4 is 10.2 Å². The van der Waals surface area contributed by atoms with Crippen LogP contribution in [0.25, 0.3) is 0 Å². The fraction of sp³-hybridized carbons (Fsp3) is 0.480. The molecule has 0 bridgehead atoms. The van der Waals surface area contributed by atoms with Crippen molar-refractivity contribution in [3.8, 4) is 0 Å². The summed E-state index contributed by atoms with van der Waals surface area (Å²) in [5, 5.41) is 3.19. The Morgan fingerprint density at radius 1 is 1.06 bits per heavy atom. The molecule has 2 aromatic rings. The van der Waals surface area contributed by atoms with Crippen LogP contribution in [0.4, 0.5) is 11.4 Å². The largest absolute Gasteiger partial charge is 0.342 e. The van der Waals surface area contributed by atoms with E-state index in [9.17, 15) is 9.59 Å². The number of benzene rings is 1. The third kappa shape index (κ3) is 3.97. The van der Waals surface area contributed by atoms with Crippen LogP contribution in [0.3, 0.4) is 0 Å². The van der Waals surface area contributed by atoms with Crippen LogP contribution in [-0.4, -0.2) is 47.9 Å². The van der Waals surface area contributed by atoms with E-state index in [1.807, 2.05) is 12.1 Å². The number of hydrogen-bond donors (Lipinski definition) is 1. The Bertz CT molecular complexity index is 943. The average Bonchev–Trinajstić information content (AvgIpc) is 3.52. The van der Waals surface area contributed by atoms with Crippen molar-refractivity contribution < 1.29 is 9.59 Å². The van der Waals surface area contributed by atoms with Crippen molar-refractivity contribution in [2.24, 2.45) is 11.3 Å². The summed E-state index contributed by atoms with van der Waals surface area (Å²) in [6.07, 6.45) is 7.54. The average molecular weight is 419 g/mol. The van der Waals surface area contributed by atoms with E-state index in [0.29, 0.717) is 11.8 Å². The van der Waals surface area contributed by atoms with Gasteiger partial charge < -0.3 is 10.2 Å². The van der Waals surface area contributed by atoms with Crippen LogP contribution in [-0.2, 0) is 9.59 Å². The van der Waals surface area contributed by atoms with Gasteiger partial charge in [0.05, 0.1) is 17.8 Å². The number of anilines is 2. The lowest BCUT2D eigenvalue weighted by molar-refractivity contribution is -0.137. The molecule has 1 N–H and O–H groups in total. The lowest BCUT2D eigenvalue weighted by Crippen LogP contribution is -2.51. The number of rotatable bonds is 5. The van der Waals surface area contributed by atoms with E-state index in [0.717, 1.165) is 63.2 Å². The van der Waals surface area contributed by atoms with Crippen molar-refractivity contribution in [2.75, 3.05) is 31.1 Å². The molecule has 6 nitrogen and oxygen atoms in total. The monoisotopic (exact) mass is 418 g/mol. The molecule has 0 spiro atoms. The Balaban J connectivity index is 1.29. The summed E-state index contributed by atoms with van der Waals surface area (Å²) >= 11 is 0. The van der Waals surface area contributed by atoms with Gasteiger partial charge in [0.25, 0.3) is 0 Å². The molecule has 6 heteroatoms. The molecular formula is C25H30N4O2. The van der Waals surface area contributed by atoms with E-state index in [2.05, 4.69) is 46.4 Å². The van der Waals surface area contributed by atoms with Gasteiger partial charge in [-0.05, 0) is 61.4 Å². The van der Waals surface area contributed by atoms with Gasteiger partial charge in [-0.1, -0.05) is 19.1 Å². The Morgan fingerprint density at radius 3 is 2.32 bits per heavy atom. The molecule has 1 saturated carbocycles.